The van der Waals surface area contributed by atoms with Crippen molar-refractivity contribution in [1.29, 1.82) is 0 Å². The zero-order valence-corrected chi connectivity index (χ0v) is 11.8. The number of nitrogens with zero attached hydrogens (tertiary/aromatic N) is 2. The molecular weight excluding hydrogens is 276 g/mol. The zero-order valence-electron chi connectivity index (χ0n) is 11.0. The maximum atomic E-state index is 12.3. The van der Waals surface area contributed by atoms with Gasteiger partial charge in [-0.3, -0.25) is 4.79 Å². The summed E-state index contributed by atoms with van der Waals surface area (Å²) >= 11 is 1.53. The van der Waals surface area contributed by atoms with E-state index in [1.54, 1.807) is 24.2 Å². The van der Waals surface area contributed by atoms with Gasteiger partial charge in [0.1, 0.15) is 11.6 Å². The van der Waals surface area contributed by atoms with Gasteiger partial charge >= 0.3 is 0 Å². The molecule has 0 N–H and O–H groups in total. The molecule has 1 aromatic carbocycles. The van der Waals surface area contributed by atoms with Gasteiger partial charge in [-0.15, -0.1) is 11.3 Å². The summed E-state index contributed by atoms with van der Waals surface area (Å²) in [6, 6.07) is 7.36. The van der Waals surface area contributed by atoms with Crippen LogP contribution in [0.4, 0.5) is 0 Å². The Kier molecular flexibility index (Phi) is 3.56. The van der Waals surface area contributed by atoms with Gasteiger partial charge in [-0.05, 0) is 12.1 Å². The molecule has 104 valence electrons. The number of amides is 1. The van der Waals surface area contributed by atoms with E-state index in [0.717, 1.165) is 5.01 Å². The first-order valence-electron chi connectivity index (χ1n) is 6.26. The third-order valence-electron chi connectivity index (χ3n) is 3.02. The van der Waals surface area contributed by atoms with Crippen molar-refractivity contribution in [2.24, 2.45) is 0 Å². The Labute approximate surface area is 120 Å². The van der Waals surface area contributed by atoms with Crippen LogP contribution in [0, 0.1) is 0 Å². The number of ether oxygens (including phenoxy) is 2. The van der Waals surface area contributed by atoms with Gasteiger partial charge in [0, 0.05) is 18.6 Å². The Morgan fingerprint density at radius 3 is 3.00 bits per heavy atom. The Morgan fingerprint density at radius 2 is 2.25 bits per heavy atom. The molecule has 0 unspecified atom stereocenters. The molecular formula is C14H14N2O3S. The third kappa shape index (κ3) is 2.60. The molecule has 1 amide bonds. The molecule has 20 heavy (non-hydrogen) atoms. The second-order valence-corrected chi connectivity index (χ2v) is 5.46. The predicted octanol–water partition coefficient (Wildman–Crippen LogP) is 1.94. The van der Waals surface area contributed by atoms with Crippen molar-refractivity contribution in [3.05, 3.63) is 40.8 Å². The number of aromatic nitrogens is 1. The fraction of sp³-hybridized carbons (Fsp3) is 0.286. The lowest BCUT2D eigenvalue weighted by atomic mass is 10.2. The van der Waals surface area contributed by atoms with Gasteiger partial charge in [-0.1, -0.05) is 12.1 Å². The summed E-state index contributed by atoms with van der Waals surface area (Å²) < 4.78 is 11.3. The van der Waals surface area contributed by atoms with Crippen molar-refractivity contribution in [3.8, 4) is 11.5 Å². The number of rotatable bonds is 3. The van der Waals surface area contributed by atoms with Gasteiger partial charge in [-0.2, -0.15) is 0 Å². The van der Waals surface area contributed by atoms with Crippen LogP contribution in [0.25, 0.3) is 0 Å². The highest BCUT2D eigenvalue weighted by Gasteiger charge is 2.29. The van der Waals surface area contributed by atoms with Crippen LogP contribution in [0.3, 0.4) is 0 Å². The molecule has 0 fully saturated rings. The largest absolute Gasteiger partial charge is 0.485 e. The molecule has 5 nitrogen and oxygen atoms in total. The topological polar surface area (TPSA) is 51.7 Å². The fourth-order valence-electron chi connectivity index (χ4n) is 2.00. The van der Waals surface area contributed by atoms with Crippen molar-refractivity contribution in [2.75, 3.05) is 13.7 Å². The molecule has 0 radical (unpaired) electrons. The van der Waals surface area contributed by atoms with E-state index in [1.807, 2.05) is 23.6 Å². The summed E-state index contributed by atoms with van der Waals surface area (Å²) in [7, 11) is 1.74. The van der Waals surface area contributed by atoms with Crippen molar-refractivity contribution >= 4 is 17.2 Å². The second-order valence-electron chi connectivity index (χ2n) is 4.48. The minimum atomic E-state index is -0.602. The van der Waals surface area contributed by atoms with Crippen LogP contribution >= 0.6 is 11.3 Å². The predicted molar refractivity (Wildman–Crippen MR) is 74.9 cm³/mol. The molecule has 0 saturated heterocycles. The van der Waals surface area contributed by atoms with E-state index in [1.165, 1.54) is 11.3 Å². The van der Waals surface area contributed by atoms with Crippen LogP contribution in [-0.2, 0) is 11.3 Å². The van der Waals surface area contributed by atoms with Gasteiger partial charge in [0.15, 0.2) is 11.5 Å². The van der Waals surface area contributed by atoms with Crippen LogP contribution in [0.15, 0.2) is 35.8 Å². The van der Waals surface area contributed by atoms with Crippen molar-refractivity contribution in [1.82, 2.24) is 9.88 Å². The summed E-state index contributed by atoms with van der Waals surface area (Å²) in [5.74, 6) is 1.19. The van der Waals surface area contributed by atoms with Crippen LogP contribution in [0.1, 0.15) is 5.01 Å². The van der Waals surface area contributed by atoms with E-state index in [-0.39, 0.29) is 12.5 Å². The number of benzene rings is 1. The number of carbonyl (C=O) groups excluding carboxylic acids is 1. The molecule has 3 rings (SSSR count). The van der Waals surface area contributed by atoms with Gasteiger partial charge in [0.05, 0.1) is 6.54 Å². The molecule has 1 aliphatic rings. The Morgan fingerprint density at radius 1 is 1.45 bits per heavy atom. The smallest absolute Gasteiger partial charge is 0.267 e. The van der Waals surface area contributed by atoms with E-state index >= 15 is 0 Å². The third-order valence-corrected chi connectivity index (χ3v) is 3.78. The number of hydrogen-bond acceptors (Lipinski definition) is 5. The summed E-state index contributed by atoms with van der Waals surface area (Å²) in [5.41, 5.74) is 0. The van der Waals surface area contributed by atoms with Gasteiger partial charge < -0.3 is 14.4 Å². The van der Waals surface area contributed by atoms with E-state index < -0.39 is 6.10 Å². The minimum Gasteiger partial charge on any atom is -0.485 e. The number of likely N-dealkylation sites (N-methyl/N-ethyl adjacent to an activating group) is 1. The van der Waals surface area contributed by atoms with E-state index in [0.29, 0.717) is 18.0 Å². The van der Waals surface area contributed by atoms with Gasteiger partial charge in [0.2, 0.25) is 6.10 Å². The first-order chi connectivity index (χ1) is 9.74. The normalized spacial score (nSPS) is 16.8. The first kappa shape index (κ1) is 12.9. The molecule has 1 aliphatic heterocycles. The molecule has 2 heterocycles. The van der Waals surface area contributed by atoms with E-state index in [4.69, 9.17) is 9.47 Å². The summed E-state index contributed by atoms with van der Waals surface area (Å²) in [6.07, 6.45) is 1.13. The Balaban J connectivity index is 1.66. The summed E-state index contributed by atoms with van der Waals surface area (Å²) in [4.78, 5) is 18.1. The number of thiazole rings is 1. The molecule has 1 aromatic heterocycles. The average molecular weight is 290 g/mol. The standard InChI is InChI=1S/C14H14N2O3S/c1-16(8-13-15-6-7-20-13)14(17)12-9-18-10-4-2-3-5-11(10)19-12/h2-7,12H,8-9H2,1H3/t12-/m0/s1. The lowest BCUT2D eigenvalue weighted by Gasteiger charge is -2.28. The molecule has 6 heteroatoms. The summed E-state index contributed by atoms with van der Waals surface area (Å²) in [5, 5.41) is 2.79. The number of para-hydroxylation sites is 2. The minimum absolute atomic E-state index is 0.102. The molecule has 0 spiro atoms. The van der Waals surface area contributed by atoms with Crippen LogP contribution in [-0.4, -0.2) is 35.5 Å². The van der Waals surface area contributed by atoms with Gasteiger partial charge in [0.25, 0.3) is 5.91 Å². The van der Waals surface area contributed by atoms with Crippen molar-refractivity contribution in [3.63, 3.8) is 0 Å². The molecule has 0 aliphatic carbocycles. The van der Waals surface area contributed by atoms with Gasteiger partial charge in [-0.25, -0.2) is 4.98 Å². The highest BCUT2D eigenvalue weighted by molar-refractivity contribution is 7.09. The van der Waals surface area contributed by atoms with Crippen LogP contribution < -0.4 is 9.47 Å². The highest BCUT2D eigenvalue weighted by atomic mass is 32.1. The Hall–Kier alpha value is -2.08. The zero-order chi connectivity index (χ0) is 13.9. The molecule has 0 bridgehead atoms. The maximum absolute atomic E-state index is 12.3. The monoisotopic (exact) mass is 290 g/mol. The van der Waals surface area contributed by atoms with Crippen molar-refractivity contribution < 1.29 is 14.3 Å². The molecule has 0 saturated carbocycles. The number of fused-ring (bicyclic) bond motifs is 1. The maximum Gasteiger partial charge on any atom is 0.267 e. The fourth-order valence-corrected chi connectivity index (χ4v) is 2.67. The van der Waals surface area contributed by atoms with Crippen molar-refractivity contribution in [2.45, 2.75) is 12.6 Å². The van der Waals surface area contributed by atoms with Crippen LogP contribution in [0.5, 0.6) is 11.5 Å². The number of carbonyl (C=O) groups is 1. The Bertz CT molecular complexity index is 600. The number of hydrogen-bond donors (Lipinski definition) is 0. The van der Waals surface area contributed by atoms with Crippen LogP contribution in [0.2, 0.25) is 0 Å². The highest BCUT2D eigenvalue weighted by Crippen LogP contribution is 2.31. The SMILES string of the molecule is CN(Cc1nccs1)C(=O)[C@@H]1COc2ccccc2O1. The first-order valence-corrected chi connectivity index (χ1v) is 7.14. The second kappa shape index (κ2) is 5.50. The van der Waals surface area contributed by atoms with E-state index in [2.05, 4.69) is 4.98 Å². The molecule has 2 aromatic rings. The quantitative estimate of drug-likeness (QED) is 0.867. The van der Waals surface area contributed by atoms with E-state index in [9.17, 15) is 4.79 Å². The summed E-state index contributed by atoms with van der Waals surface area (Å²) in [6.45, 7) is 0.718. The lowest BCUT2D eigenvalue weighted by Crippen LogP contribution is -2.44. The molecule has 1 atom stereocenters. The average Bonchev–Trinajstić information content (AvgIpc) is 2.99. The lowest BCUT2D eigenvalue weighted by molar-refractivity contribution is -0.140.